The normalized spacial score (nSPS) is 19.2. The number of amides is 1. The van der Waals surface area contributed by atoms with Gasteiger partial charge >= 0.3 is 5.97 Å². The molecule has 0 bridgehead atoms. The minimum atomic E-state index is -0.975. The van der Waals surface area contributed by atoms with Gasteiger partial charge in [0.25, 0.3) is 11.5 Å². The summed E-state index contributed by atoms with van der Waals surface area (Å²) in [5.74, 6) is -1.38. The van der Waals surface area contributed by atoms with Gasteiger partial charge in [0.15, 0.2) is 0 Å². The molecule has 1 atom stereocenters. The van der Waals surface area contributed by atoms with Gasteiger partial charge in [-0.25, -0.2) is 0 Å². The highest BCUT2D eigenvalue weighted by atomic mass is 16.5. The molecule has 2 heterocycles. The molecule has 0 saturated carbocycles. The molecule has 0 spiro atoms. The molecule has 2 N–H and O–H groups in total. The van der Waals surface area contributed by atoms with Crippen molar-refractivity contribution in [2.75, 3.05) is 19.7 Å². The van der Waals surface area contributed by atoms with Crippen LogP contribution in [0.3, 0.4) is 0 Å². The van der Waals surface area contributed by atoms with Crippen LogP contribution in [0.1, 0.15) is 16.8 Å². The SMILES string of the molecule is O=C(O)CC1CN(C(=O)c2ccc[nH]c2=O)CCO1. The van der Waals surface area contributed by atoms with Crippen molar-refractivity contribution < 1.29 is 19.4 Å². The number of ether oxygens (including phenoxy) is 1. The van der Waals surface area contributed by atoms with E-state index in [1.807, 2.05) is 0 Å². The lowest BCUT2D eigenvalue weighted by molar-refractivity contribution is -0.141. The third kappa shape index (κ3) is 3.19. The van der Waals surface area contributed by atoms with Crippen LogP contribution in [0.15, 0.2) is 23.1 Å². The standard InChI is InChI=1S/C12H14N2O5/c15-10(16)6-8-7-14(4-5-19-8)12(18)9-2-1-3-13-11(9)17/h1-3,8H,4-7H2,(H,13,17)(H,15,16). The third-order valence-electron chi connectivity index (χ3n) is 2.88. The molecule has 1 amide bonds. The Morgan fingerprint density at radius 2 is 2.32 bits per heavy atom. The maximum Gasteiger partial charge on any atom is 0.306 e. The van der Waals surface area contributed by atoms with Gasteiger partial charge in [-0.1, -0.05) is 0 Å². The largest absolute Gasteiger partial charge is 0.481 e. The van der Waals surface area contributed by atoms with Crippen molar-refractivity contribution in [2.45, 2.75) is 12.5 Å². The quantitative estimate of drug-likeness (QED) is 0.781. The summed E-state index contributed by atoms with van der Waals surface area (Å²) in [4.78, 5) is 38.2. The highest BCUT2D eigenvalue weighted by Gasteiger charge is 2.27. The first-order valence-electron chi connectivity index (χ1n) is 5.88. The lowest BCUT2D eigenvalue weighted by atomic mass is 10.1. The molecule has 1 aliphatic rings. The molecular weight excluding hydrogens is 252 g/mol. The molecule has 19 heavy (non-hydrogen) atoms. The van der Waals surface area contributed by atoms with Crippen molar-refractivity contribution in [3.63, 3.8) is 0 Å². The lowest BCUT2D eigenvalue weighted by Crippen LogP contribution is -2.47. The summed E-state index contributed by atoms with van der Waals surface area (Å²) >= 11 is 0. The minimum Gasteiger partial charge on any atom is -0.481 e. The molecule has 0 aliphatic carbocycles. The van der Waals surface area contributed by atoms with Crippen LogP contribution in [-0.2, 0) is 9.53 Å². The van der Waals surface area contributed by atoms with E-state index in [2.05, 4.69) is 4.98 Å². The Morgan fingerprint density at radius 3 is 3.00 bits per heavy atom. The molecule has 1 saturated heterocycles. The van der Waals surface area contributed by atoms with E-state index in [0.717, 1.165) is 0 Å². The summed E-state index contributed by atoms with van der Waals surface area (Å²) in [7, 11) is 0. The van der Waals surface area contributed by atoms with Gasteiger partial charge in [0.05, 0.1) is 19.1 Å². The van der Waals surface area contributed by atoms with Crippen molar-refractivity contribution in [2.24, 2.45) is 0 Å². The van der Waals surface area contributed by atoms with Gasteiger partial charge in [0, 0.05) is 19.3 Å². The smallest absolute Gasteiger partial charge is 0.306 e. The maximum absolute atomic E-state index is 12.2. The van der Waals surface area contributed by atoms with E-state index < -0.39 is 23.5 Å². The second kappa shape index (κ2) is 5.66. The predicted molar refractivity (Wildman–Crippen MR) is 65.0 cm³/mol. The zero-order valence-corrected chi connectivity index (χ0v) is 10.2. The molecule has 0 aromatic carbocycles. The maximum atomic E-state index is 12.2. The van der Waals surface area contributed by atoms with Gasteiger partial charge in [0.2, 0.25) is 0 Å². The Morgan fingerprint density at radius 1 is 1.53 bits per heavy atom. The summed E-state index contributed by atoms with van der Waals surface area (Å²) < 4.78 is 5.27. The zero-order valence-electron chi connectivity index (χ0n) is 10.2. The van der Waals surface area contributed by atoms with Crippen molar-refractivity contribution in [3.05, 3.63) is 34.2 Å². The fourth-order valence-corrected chi connectivity index (χ4v) is 1.98. The summed E-state index contributed by atoms with van der Waals surface area (Å²) in [6.07, 6.45) is 0.763. The van der Waals surface area contributed by atoms with Crippen LogP contribution < -0.4 is 5.56 Å². The monoisotopic (exact) mass is 266 g/mol. The first kappa shape index (κ1) is 13.3. The molecular formula is C12H14N2O5. The average Bonchev–Trinajstić information content (AvgIpc) is 2.38. The number of carboxylic acid groups (broad SMARTS) is 1. The van der Waals surface area contributed by atoms with E-state index in [4.69, 9.17) is 9.84 Å². The molecule has 2 rings (SSSR count). The Hall–Kier alpha value is -2.15. The first-order valence-corrected chi connectivity index (χ1v) is 5.88. The number of aliphatic carboxylic acids is 1. The molecule has 1 aromatic heterocycles. The van der Waals surface area contributed by atoms with Crippen LogP contribution in [0.25, 0.3) is 0 Å². The summed E-state index contributed by atoms with van der Waals surface area (Å²) in [6, 6.07) is 3.02. The van der Waals surface area contributed by atoms with Gasteiger partial charge in [-0.05, 0) is 12.1 Å². The number of nitrogens with zero attached hydrogens (tertiary/aromatic N) is 1. The van der Waals surface area contributed by atoms with E-state index >= 15 is 0 Å². The van der Waals surface area contributed by atoms with Crippen molar-refractivity contribution in [3.8, 4) is 0 Å². The Labute approximate surface area is 108 Å². The molecule has 1 aromatic rings. The van der Waals surface area contributed by atoms with Gasteiger partial charge in [-0.15, -0.1) is 0 Å². The second-order valence-electron chi connectivity index (χ2n) is 4.25. The number of carbonyl (C=O) groups is 2. The fraction of sp³-hybridized carbons (Fsp3) is 0.417. The second-order valence-corrected chi connectivity index (χ2v) is 4.25. The molecule has 102 valence electrons. The van der Waals surface area contributed by atoms with Crippen LogP contribution >= 0.6 is 0 Å². The molecule has 7 nitrogen and oxygen atoms in total. The minimum absolute atomic E-state index is 0.0541. The van der Waals surface area contributed by atoms with Gasteiger partial charge in [0.1, 0.15) is 5.56 Å². The number of aromatic amines is 1. The number of hydrogen-bond donors (Lipinski definition) is 2. The number of aromatic nitrogens is 1. The Kier molecular flexibility index (Phi) is 3.96. The Bertz CT molecular complexity index is 539. The van der Waals surface area contributed by atoms with Gasteiger partial charge < -0.3 is 19.7 Å². The number of nitrogens with one attached hydrogen (secondary N) is 1. The van der Waals surface area contributed by atoms with Crippen LogP contribution in [0.4, 0.5) is 0 Å². The molecule has 1 aliphatic heterocycles. The summed E-state index contributed by atoms with van der Waals surface area (Å²) in [5.41, 5.74) is -0.396. The summed E-state index contributed by atoms with van der Waals surface area (Å²) in [6.45, 7) is 0.803. The number of H-pyrrole nitrogens is 1. The predicted octanol–water partition coefficient (Wildman–Crippen LogP) is -0.309. The number of hydrogen-bond acceptors (Lipinski definition) is 4. The van der Waals surface area contributed by atoms with Crippen LogP contribution in [0, 0.1) is 0 Å². The van der Waals surface area contributed by atoms with Crippen LogP contribution in [0.5, 0.6) is 0 Å². The first-order chi connectivity index (χ1) is 9.08. The number of rotatable bonds is 3. The Balaban J connectivity index is 2.09. The highest BCUT2D eigenvalue weighted by Crippen LogP contribution is 2.11. The average molecular weight is 266 g/mol. The van der Waals surface area contributed by atoms with E-state index in [9.17, 15) is 14.4 Å². The molecule has 7 heteroatoms. The van der Waals surface area contributed by atoms with Gasteiger partial charge in [-0.2, -0.15) is 0 Å². The zero-order chi connectivity index (χ0) is 13.8. The number of pyridine rings is 1. The van der Waals surface area contributed by atoms with Gasteiger partial charge in [-0.3, -0.25) is 14.4 Å². The number of carbonyl (C=O) groups excluding carboxylic acids is 1. The van der Waals surface area contributed by atoms with E-state index in [1.165, 1.54) is 17.2 Å². The molecule has 1 unspecified atom stereocenters. The lowest BCUT2D eigenvalue weighted by Gasteiger charge is -2.32. The van der Waals surface area contributed by atoms with E-state index in [1.54, 1.807) is 6.07 Å². The number of carboxylic acids is 1. The fourth-order valence-electron chi connectivity index (χ4n) is 1.98. The number of morpholine rings is 1. The van der Waals surface area contributed by atoms with E-state index in [0.29, 0.717) is 6.54 Å². The van der Waals surface area contributed by atoms with Crippen LogP contribution in [-0.4, -0.2) is 52.7 Å². The van der Waals surface area contributed by atoms with Crippen molar-refractivity contribution >= 4 is 11.9 Å². The molecule has 0 radical (unpaired) electrons. The third-order valence-corrected chi connectivity index (χ3v) is 2.88. The van der Waals surface area contributed by atoms with E-state index in [-0.39, 0.29) is 25.1 Å². The highest BCUT2D eigenvalue weighted by molar-refractivity contribution is 5.93. The van der Waals surface area contributed by atoms with Crippen molar-refractivity contribution in [1.82, 2.24) is 9.88 Å². The van der Waals surface area contributed by atoms with Crippen molar-refractivity contribution in [1.29, 1.82) is 0 Å². The topological polar surface area (TPSA) is 99.7 Å². The molecule has 1 fully saturated rings. The summed E-state index contributed by atoms with van der Waals surface area (Å²) in [5, 5.41) is 8.71. The van der Waals surface area contributed by atoms with Crippen LogP contribution in [0.2, 0.25) is 0 Å².